The van der Waals surface area contributed by atoms with Gasteiger partial charge in [0, 0.05) is 19.8 Å². The van der Waals surface area contributed by atoms with Crippen LogP contribution in [-0.4, -0.2) is 55.9 Å². The van der Waals surface area contributed by atoms with E-state index < -0.39 is 22.5 Å². The molecule has 0 heterocycles. The van der Waals surface area contributed by atoms with Gasteiger partial charge in [-0.2, -0.15) is 4.31 Å². The van der Waals surface area contributed by atoms with Gasteiger partial charge in [-0.25, -0.2) is 8.42 Å². The number of hydrogen-bond donors (Lipinski definition) is 1. The first-order chi connectivity index (χ1) is 7.31. The monoisotopic (exact) mass is 253 g/mol. The van der Waals surface area contributed by atoms with Crippen LogP contribution in [0.3, 0.4) is 0 Å². The van der Waals surface area contributed by atoms with E-state index in [9.17, 15) is 13.2 Å². The lowest BCUT2D eigenvalue weighted by atomic mass is 10.4. The fraction of sp³-hybridized carbons (Fsp3) is 0.889. The van der Waals surface area contributed by atoms with Crippen LogP contribution in [0.2, 0.25) is 0 Å². The highest BCUT2D eigenvalue weighted by Crippen LogP contribution is 2.08. The van der Waals surface area contributed by atoms with E-state index >= 15 is 0 Å². The van der Waals surface area contributed by atoms with Crippen molar-refractivity contribution in [1.29, 1.82) is 0 Å². The Bertz CT molecular complexity index is 312. The maximum Gasteiger partial charge on any atom is 0.318 e. The van der Waals surface area contributed by atoms with Crippen molar-refractivity contribution in [1.82, 2.24) is 4.31 Å². The Morgan fingerprint density at radius 1 is 1.44 bits per heavy atom. The smallest absolute Gasteiger partial charge is 0.318 e. The molecule has 0 unspecified atom stereocenters. The van der Waals surface area contributed by atoms with Crippen molar-refractivity contribution < 1.29 is 23.1 Å². The second-order valence-electron chi connectivity index (χ2n) is 3.70. The Hall–Kier alpha value is -0.660. The van der Waals surface area contributed by atoms with Crippen molar-refractivity contribution in [3.8, 4) is 0 Å². The summed E-state index contributed by atoms with van der Waals surface area (Å²) in [4.78, 5) is 10.6. The number of sulfonamides is 1. The molecular formula is C9H19NO5S. The molecule has 0 radical (unpaired) electrons. The molecular weight excluding hydrogens is 234 g/mol. The third-order valence-corrected chi connectivity index (χ3v) is 4.05. The summed E-state index contributed by atoms with van der Waals surface area (Å²) in [6.07, 6.45) is 0.363. The van der Waals surface area contributed by atoms with E-state index in [0.717, 1.165) is 4.31 Å². The van der Waals surface area contributed by atoms with Gasteiger partial charge in [-0.3, -0.25) is 4.79 Å². The Labute approximate surface area is 96.2 Å². The molecule has 7 heteroatoms. The molecule has 0 rings (SSSR count). The van der Waals surface area contributed by atoms with E-state index in [1.807, 2.05) is 0 Å². The van der Waals surface area contributed by atoms with E-state index in [2.05, 4.69) is 0 Å². The molecule has 0 saturated heterocycles. The van der Waals surface area contributed by atoms with Gasteiger partial charge in [0.2, 0.25) is 10.0 Å². The zero-order chi connectivity index (χ0) is 12.8. The number of nitrogens with zero attached hydrogens (tertiary/aromatic N) is 1. The normalized spacial score (nSPS) is 12.3. The Balaban J connectivity index is 4.57. The summed E-state index contributed by atoms with van der Waals surface area (Å²) in [7, 11) is -2.03. The van der Waals surface area contributed by atoms with E-state index in [1.165, 1.54) is 7.11 Å². The lowest BCUT2D eigenvalue weighted by Crippen LogP contribution is -2.42. The first-order valence-electron chi connectivity index (χ1n) is 5.01. The summed E-state index contributed by atoms with van der Waals surface area (Å²) >= 11 is 0. The molecule has 0 aromatic heterocycles. The number of carboxylic acids is 1. The third kappa shape index (κ3) is 5.43. The van der Waals surface area contributed by atoms with Gasteiger partial charge in [-0.15, -0.1) is 0 Å². The second-order valence-corrected chi connectivity index (χ2v) is 5.74. The number of rotatable bonds is 8. The number of aliphatic carboxylic acids is 1. The van der Waals surface area contributed by atoms with Crippen LogP contribution < -0.4 is 0 Å². The van der Waals surface area contributed by atoms with Gasteiger partial charge in [0.15, 0.2) is 0 Å². The largest absolute Gasteiger partial charge is 0.480 e. The van der Waals surface area contributed by atoms with Crippen LogP contribution in [0.25, 0.3) is 0 Å². The third-order valence-electron chi connectivity index (χ3n) is 1.98. The molecule has 96 valence electrons. The predicted molar refractivity (Wildman–Crippen MR) is 59.8 cm³/mol. The van der Waals surface area contributed by atoms with E-state index in [4.69, 9.17) is 9.84 Å². The molecule has 0 aliphatic rings. The molecule has 0 bridgehead atoms. The highest BCUT2D eigenvalue weighted by Gasteiger charge is 2.26. The van der Waals surface area contributed by atoms with Crippen LogP contribution in [0.15, 0.2) is 0 Å². The number of carbonyl (C=O) groups is 1. The van der Waals surface area contributed by atoms with Crippen LogP contribution >= 0.6 is 0 Å². The van der Waals surface area contributed by atoms with Crippen molar-refractivity contribution in [3.05, 3.63) is 0 Å². The van der Waals surface area contributed by atoms with Crippen molar-refractivity contribution in [2.24, 2.45) is 0 Å². The SMILES string of the molecule is COCCCS(=O)(=O)N(CC(=O)O)C(C)C. The van der Waals surface area contributed by atoms with Gasteiger partial charge in [0.05, 0.1) is 5.75 Å². The fourth-order valence-corrected chi connectivity index (χ4v) is 2.91. The molecule has 0 aliphatic heterocycles. The van der Waals surface area contributed by atoms with Crippen LogP contribution in [0.4, 0.5) is 0 Å². The summed E-state index contributed by atoms with van der Waals surface area (Å²) in [5, 5.41) is 8.64. The van der Waals surface area contributed by atoms with Crippen molar-refractivity contribution >= 4 is 16.0 Å². The molecule has 0 aromatic rings. The van der Waals surface area contributed by atoms with Crippen molar-refractivity contribution in [2.75, 3.05) is 26.0 Å². The van der Waals surface area contributed by atoms with Crippen LogP contribution in [0.5, 0.6) is 0 Å². The molecule has 16 heavy (non-hydrogen) atoms. The fourth-order valence-electron chi connectivity index (χ4n) is 1.24. The first kappa shape index (κ1) is 15.3. The molecule has 0 atom stereocenters. The molecule has 0 amide bonds. The minimum atomic E-state index is -3.52. The van der Waals surface area contributed by atoms with Gasteiger partial charge in [0.25, 0.3) is 0 Å². The average Bonchev–Trinajstić information content (AvgIpc) is 2.13. The molecule has 0 aliphatic carbocycles. The second kappa shape index (κ2) is 6.82. The Morgan fingerprint density at radius 3 is 2.38 bits per heavy atom. The van der Waals surface area contributed by atoms with Crippen LogP contribution in [0.1, 0.15) is 20.3 Å². The minimum absolute atomic E-state index is 0.0910. The standard InChI is InChI=1S/C9H19NO5S/c1-8(2)10(7-9(11)12)16(13,14)6-4-5-15-3/h8H,4-7H2,1-3H3,(H,11,12). The van der Waals surface area contributed by atoms with E-state index in [1.54, 1.807) is 13.8 Å². The summed E-state index contributed by atoms with van der Waals surface area (Å²) in [6, 6.07) is -0.358. The molecule has 0 spiro atoms. The number of methoxy groups -OCH3 is 1. The summed E-state index contributed by atoms with van der Waals surface area (Å²) in [6.45, 7) is 3.15. The molecule has 0 aromatic carbocycles. The van der Waals surface area contributed by atoms with Gasteiger partial charge in [-0.1, -0.05) is 0 Å². The highest BCUT2D eigenvalue weighted by molar-refractivity contribution is 7.89. The zero-order valence-corrected chi connectivity index (χ0v) is 10.7. The lowest BCUT2D eigenvalue weighted by Gasteiger charge is -2.23. The maximum absolute atomic E-state index is 11.8. The van der Waals surface area contributed by atoms with E-state index in [-0.39, 0.29) is 11.8 Å². The average molecular weight is 253 g/mol. The maximum atomic E-state index is 11.8. The van der Waals surface area contributed by atoms with Gasteiger partial charge >= 0.3 is 5.97 Å². The van der Waals surface area contributed by atoms with Gasteiger partial charge < -0.3 is 9.84 Å². The van der Waals surface area contributed by atoms with Gasteiger partial charge in [-0.05, 0) is 20.3 Å². The van der Waals surface area contributed by atoms with Crippen molar-refractivity contribution in [3.63, 3.8) is 0 Å². The number of carboxylic acid groups (broad SMARTS) is 1. The summed E-state index contributed by atoms with van der Waals surface area (Å²) in [5.74, 6) is -1.24. The number of hydrogen-bond acceptors (Lipinski definition) is 4. The minimum Gasteiger partial charge on any atom is -0.480 e. The zero-order valence-electron chi connectivity index (χ0n) is 9.84. The predicted octanol–water partition coefficient (Wildman–Crippen LogP) is 0.148. The Kier molecular flexibility index (Phi) is 6.54. The first-order valence-corrected chi connectivity index (χ1v) is 6.62. The molecule has 6 nitrogen and oxygen atoms in total. The lowest BCUT2D eigenvalue weighted by molar-refractivity contribution is -0.137. The van der Waals surface area contributed by atoms with Crippen LogP contribution in [-0.2, 0) is 19.6 Å². The number of ether oxygens (including phenoxy) is 1. The summed E-state index contributed by atoms with van der Waals surface area (Å²) in [5.41, 5.74) is 0. The van der Waals surface area contributed by atoms with Crippen molar-refractivity contribution in [2.45, 2.75) is 26.3 Å². The molecule has 0 fully saturated rings. The van der Waals surface area contributed by atoms with Crippen LogP contribution in [0, 0.1) is 0 Å². The highest BCUT2D eigenvalue weighted by atomic mass is 32.2. The molecule has 1 N–H and O–H groups in total. The quantitative estimate of drug-likeness (QED) is 0.622. The molecule has 0 saturated carbocycles. The topological polar surface area (TPSA) is 83.9 Å². The Morgan fingerprint density at radius 2 is 2.00 bits per heavy atom. The van der Waals surface area contributed by atoms with E-state index in [0.29, 0.717) is 13.0 Å². The summed E-state index contributed by atoms with van der Waals surface area (Å²) < 4.78 is 29.3. The van der Waals surface area contributed by atoms with Gasteiger partial charge in [0.1, 0.15) is 6.54 Å².